The van der Waals surface area contributed by atoms with Crippen LogP contribution in [0.25, 0.3) is 0 Å². The van der Waals surface area contributed by atoms with Crippen LogP contribution in [0.15, 0.2) is 4.99 Å². The number of isocyanates is 1. The first-order chi connectivity index (χ1) is 7.27. The molecule has 0 unspecified atom stereocenters. The normalized spacial score (nSPS) is 10.3. The summed E-state index contributed by atoms with van der Waals surface area (Å²) in [7, 11) is 0. The molecule has 0 aromatic carbocycles. The van der Waals surface area contributed by atoms with E-state index >= 15 is 0 Å². The summed E-state index contributed by atoms with van der Waals surface area (Å²) >= 11 is 0. The van der Waals surface area contributed by atoms with Crippen LogP contribution in [0.5, 0.6) is 0 Å². The Morgan fingerprint density at radius 3 is 2.00 bits per heavy atom. The zero-order valence-electron chi connectivity index (χ0n) is 10.3. The molecule has 0 aromatic heterocycles. The summed E-state index contributed by atoms with van der Waals surface area (Å²) in [6.45, 7) is 5.23. The average Bonchev–Trinajstić information content (AvgIpc) is 2.20. The van der Waals surface area contributed by atoms with Gasteiger partial charge in [-0.15, -0.1) is 0 Å². The van der Waals surface area contributed by atoms with Crippen LogP contribution in [0.4, 0.5) is 0 Å². The summed E-state index contributed by atoms with van der Waals surface area (Å²) in [4.78, 5) is 13.3. The first-order valence-electron chi connectivity index (χ1n) is 6.31. The summed E-state index contributed by atoms with van der Waals surface area (Å²) in [5.41, 5.74) is 0. The number of hydrogen-bond donors (Lipinski definition) is 0. The van der Waals surface area contributed by atoms with Crippen molar-refractivity contribution in [3.8, 4) is 0 Å². The molecule has 0 rings (SSSR count). The molecule has 0 aliphatic heterocycles. The average molecular weight is 211 g/mol. The Morgan fingerprint density at radius 1 is 0.933 bits per heavy atom. The molecule has 2 nitrogen and oxygen atoms in total. The van der Waals surface area contributed by atoms with Gasteiger partial charge < -0.3 is 0 Å². The summed E-state index contributed by atoms with van der Waals surface area (Å²) < 4.78 is 0. The molecule has 0 aromatic rings. The van der Waals surface area contributed by atoms with Crippen molar-refractivity contribution < 1.29 is 4.79 Å². The zero-order chi connectivity index (χ0) is 11.4. The molecule has 15 heavy (non-hydrogen) atoms. The third kappa shape index (κ3) is 13.4. The lowest BCUT2D eigenvalue weighted by molar-refractivity contribution is 0.509. The Hall–Kier alpha value is -0.620. The number of rotatable bonds is 10. The van der Waals surface area contributed by atoms with Gasteiger partial charge in [-0.25, -0.2) is 9.79 Å². The van der Waals surface area contributed by atoms with Gasteiger partial charge >= 0.3 is 0 Å². The molecule has 0 aliphatic carbocycles. The molecule has 2 heteroatoms. The van der Waals surface area contributed by atoms with Crippen molar-refractivity contribution in [1.82, 2.24) is 0 Å². The van der Waals surface area contributed by atoms with E-state index in [2.05, 4.69) is 18.8 Å². The molecule has 88 valence electrons. The summed E-state index contributed by atoms with van der Waals surface area (Å²) in [6.07, 6.45) is 11.9. The van der Waals surface area contributed by atoms with Gasteiger partial charge in [0.05, 0.1) is 6.54 Å². The van der Waals surface area contributed by atoms with E-state index in [1.807, 2.05) is 0 Å². The maximum Gasteiger partial charge on any atom is 0.234 e. The Morgan fingerprint density at radius 2 is 1.47 bits per heavy atom. The lowest BCUT2D eigenvalue weighted by atomic mass is 10.0. The highest BCUT2D eigenvalue weighted by Gasteiger charge is 1.94. The minimum Gasteiger partial charge on any atom is -0.211 e. The van der Waals surface area contributed by atoms with Crippen molar-refractivity contribution in [1.29, 1.82) is 0 Å². The number of aliphatic imine (C=N–C) groups is 1. The molecule has 0 saturated carbocycles. The minimum absolute atomic E-state index is 0.664. The van der Waals surface area contributed by atoms with Crippen molar-refractivity contribution in [2.45, 2.75) is 65.2 Å². The summed E-state index contributed by atoms with van der Waals surface area (Å²) in [5.74, 6) is 0.853. The molecule has 0 fully saturated rings. The van der Waals surface area contributed by atoms with Crippen LogP contribution < -0.4 is 0 Å². The molecule has 0 N–H and O–H groups in total. The maximum atomic E-state index is 9.78. The van der Waals surface area contributed by atoms with E-state index in [1.165, 1.54) is 44.9 Å². The number of hydrogen-bond acceptors (Lipinski definition) is 2. The second-order valence-electron chi connectivity index (χ2n) is 4.63. The van der Waals surface area contributed by atoms with Gasteiger partial charge in [0.15, 0.2) is 0 Å². The van der Waals surface area contributed by atoms with Crippen LogP contribution in [-0.4, -0.2) is 12.6 Å². The van der Waals surface area contributed by atoms with Gasteiger partial charge in [-0.05, 0) is 12.3 Å². The van der Waals surface area contributed by atoms with Crippen molar-refractivity contribution in [3.05, 3.63) is 0 Å². The molecule has 0 aliphatic rings. The van der Waals surface area contributed by atoms with Crippen LogP contribution in [0, 0.1) is 5.92 Å². The quantitative estimate of drug-likeness (QED) is 0.304. The monoisotopic (exact) mass is 211 g/mol. The van der Waals surface area contributed by atoms with Crippen molar-refractivity contribution in [3.63, 3.8) is 0 Å². The van der Waals surface area contributed by atoms with Crippen molar-refractivity contribution in [2.75, 3.05) is 6.54 Å². The number of nitrogens with zero attached hydrogens (tertiary/aromatic N) is 1. The fourth-order valence-corrected chi connectivity index (χ4v) is 1.67. The summed E-state index contributed by atoms with van der Waals surface area (Å²) in [5, 5.41) is 0. The van der Waals surface area contributed by atoms with Gasteiger partial charge in [0.1, 0.15) is 0 Å². The predicted octanol–water partition coefficient (Wildman–Crippen LogP) is 4.10. The van der Waals surface area contributed by atoms with E-state index < -0.39 is 0 Å². The second-order valence-corrected chi connectivity index (χ2v) is 4.63. The van der Waals surface area contributed by atoms with Gasteiger partial charge in [0.25, 0.3) is 0 Å². The molecule has 0 atom stereocenters. The summed E-state index contributed by atoms with van der Waals surface area (Å²) in [6, 6.07) is 0. The molecule has 0 spiro atoms. The highest BCUT2D eigenvalue weighted by Crippen LogP contribution is 2.11. The van der Waals surface area contributed by atoms with Crippen molar-refractivity contribution >= 4 is 6.08 Å². The Balaban J connectivity index is 2.95. The smallest absolute Gasteiger partial charge is 0.211 e. The third-order valence-corrected chi connectivity index (χ3v) is 2.62. The predicted molar refractivity (Wildman–Crippen MR) is 64.8 cm³/mol. The van der Waals surface area contributed by atoms with Crippen LogP contribution >= 0.6 is 0 Å². The lowest BCUT2D eigenvalue weighted by Gasteiger charge is -2.03. The highest BCUT2D eigenvalue weighted by molar-refractivity contribution is 5.32. The Bertz CT molecular complexity index is 171. The van der Waals surface area contributed by atoms with Crippen LogP contribution in [0.2, 0.25) is 0 Å². The van der Waals surface area contributed by atoms with E-state index in [-0.39, 0.29) is 0 Å². The fourth-order valence-electron chi connectivity index (χ4n) is 1.67. The van der Waals surface area contributed by atoms with Gasteiger partial charge in [-0.1, -0.05) is 58.8 Å². The van der Waals surface area contributed by atoms with Crippen molar-refractivity contribution in [2.24, 2.45) is 10.9 Å². The van der Waals surface area contributed by atoms with E-state index in [9.17, 15) is 4.79 Å². The molecule has 0 saturated heterocycles. The van der Waals surface area contributed by atoms with Gasteiger partial charge in [0.2, 0.25) is 6.08 Å². The van der Waals surface area contributed by atoms with E-state index in [0.29, 0.717) is 6.54 Å². The van der Waals surface area contributed by atoms with Crippen LogP contribution in [0.3, 0.4) is 0 Å². The molecule has 0 bridgehead atoms. The van der Waals surface area contributed by atoms with Gasteiger partial charge in [-0.2, -0.15) is 0 Å². The van der Waals surface area contributed by atoms with Crippen LogP contribution in [0.1, 0.15) is 65.2 Å². The second kappa shape index (κ2) is 11.5. The molecule has 0 radical (unpaired) electrons. The SMILES string of the molecule is CC(C)CCCCCCCCCN=C=O. The minimum atomic E-state index is 0.664. The van der Waals surface area contributed by atoms with Crippen LogP contribution in [-0.2, 0) is 4.79 Å². The largest absolute Gasteiger partial charge is 0.234 e. The topological polar surface area (TPSA) is 29.4 Å². The van der Waals surface area contributed by atoms with Gasteiger partial charge in [-0.3, -0.25) is 0 Å². The fraction of sp³-hybridized carbons (Fsp3) is 0.923. The highest BCUT2D eigenvalue weighted by atomic mass is 16.1. The first kappa shape index (κ1) is 14.4. The standard InChI is InChI=1S/C13H25NO/c1-13(2)10-8-6-4-3-5-7-9-11-14-12-15/h13H,3-11H2,1-2H3. The first-order valence-corrected chi connectivity index (χ1v) is 6.31. The number of carbonyl (C=O) groups excluding carboxylic acids is 1. The van der Waals surface area contributed by atoms with E-state index in [1.54, 1.807) is 6.08 Å². The molecular formula is C13H25NO. The molecule has 0 amide bonds. The maximum absolute atomic E-state index is 9.78. The van der Waals surface area contributed by atoms with E-state index in [0.717, 1.165) is 12.3 Å². The molecular weight excluding hydrogens is 186 g/mol. The molecule has 0 heterocycles. The Labute approximate surface area is 94.2 Å². The van der Waals surface area contributed by atoms with E-state index in [4.69, 9.17) is 0 Å². The third-order valence-electron chi connectivity index (χ3n) is 2.62. The lowest BCUT2D eigenvalue weighted by Crippen LogP contribution is -1.87. The number of unbranched alkanes of at least 4 members (excludes halogenated alkanes) is 6. The zero-order valence-corrected chi connectivity index (χ0v) is 10.3. The Kier molecular flexibility index (Phi) is 11.0. The van der Waals surface area contributed by atoms with Gasteiger partial charge in [0, 0.05) is 0 Å².